The van der Waals surface area contributed by atoms with Gasteiger partial charge in [-0.05, 0) is 260 Å². The van der Waals surface area contributed by atoms with Crippen LogP contribution in [-0.4, -0.2) is 98.9 Å². The van der Waals surface area contributed by atoms with Gasteiger partial charge in [0.2, 0.25) is 0 Å². The summed E-state index contributed by atoms with van der Waals surface area (Å²) in [5.74, 6) is 12.1. The highest BCUT2D eigenvalue weighted by Crippen LogP contribution is 2.35. The molecule has 0 aromatic heterocycles. The molecule has 8 heterocycles. The lowest BCUT2D eigenvalue weighted by atomic mass is 9.95. The molecule has 0 unspecified atom stereocenters. The van der Waals surface area contributed by atoms with Crippen molar-refractivity contribution in [1.82, 2.24) is 0 Å². The van der Waals surface area contributed by atoms with Crippen molar-refractivity contribution in [3.63, 3.8) is 0 Å². The molecule has 99 heavy (non-hydrogen) atoms. The van der Waals surface area contributed by atoms with Crippen LogP contribution >= 0.6 is 94.1 Å². The molecule has 0 bridgehead atoms. The molecule has 8 aliphatic heterocycles. The highest BCUT2D eigenvalue weighted by molar-refractivity contribution is 8.25. The van der Waals surface area contributed by atoms with E-state index in [-0.39, 0.29) is 0 Å². The van der Waals surface area contributed by atoms with Gasteiger partial charge < -0.3 is 37.9 Å². The molecule has 14 fully saturated rings. The average Bonchev–Trinajstić information content (AvgIpc) is 3.34. The van der Waals surface area contributed by atoms with Crippen LogP contribution in [0.15, 0.2) is 166 Å². The third-order valence-corrected chi connectivity index (χ3v) is 25.5. The first-order valence-electron chi connectivity index (χ1n) is 37.6. The first-order valence-corrected chi connectivity index (χ1v) is 45.5. The Kier molecular flexibility index (Phi) is 66.8. The fourth-order valence-corrected chi connectivity index (χ4v) is 17.5. The van der Waals surface area contributed by atoms with E-state index < -0.39 is 0 Å². The minimum absolute atomic E-state index is 0.454. The van der Waals surface area contributed by atoms with E-state index in [1.807, 2.05) is 94.1 Å². The summed E-state index contributed by atoms with van der Waals surface area (Å²) < 4.78 is 44.5. The predicted octanol–water partition coefficient (Wildman–Crippen LogP) is 28.3. The van der Waals surface area contributed by atoms with E-state index in [1.165, 1.54) is 315 Å². The van der Waals surface area contributed by atoms with E-state index in [0.717, 1.165) is 71.7 Å². The van der Waals surface area contributed by atoms with Crippen molar-refractivity contribution in [3.8, 4) is 0 Å². The molecule has 0 atom stereocenters. The third-order valence-electron chi connectivity index (χ3n) is 16.0. The Bertz CT molecular complexity index is 1940. The Morgan fingerprint density at radius 2 is 0.333 bits per heavy atom. The minimum atomic E-state index is 0.454. The summed E-state index contributed by atoms with van der Waals surface area (Å²) in [6, 6.07) is 0. The van der Waals surface area contributed by atoms with Gasteiger partial charge in [-0.3, -0.25) is 0 Å². The van der Waals surface area contributed by atoms with E-state index in [1.54, 1.807) is 0 Å². The van der Waals surface area contributed by atoms with Crippen molar-refractivity contribution < 1.29 is 37.9 Å². The lowest BCUT2D eigenvalue weighted by molar-refractivity contribution is -0.0122. The molecule has 0 N–H and O–H groups in total. The molecule has 14 aliphatic rings. The lowest BCUT2D eigenvalue weighted by Gasteiger charge is -2.14. The van der Waals surface area contributed by atoms with Gasteiger partial charge >= 0.3 is 0 Å². The molecule has 16 heteroatoms. The summed E-state index contributed by atoms with van der Waals surface area (Å²) in [5, 5.41) is 0. The molecule has 0 aromatic rings. The summed E-state index contributed by atoms with van der Waals surface area (Å²) in [4.78, 5) is 0. The second-order valence-electron chi connectivity index (χ2n) is 25.6. The van der Waals surface area contributed by atoms with Gasteiger partial charge in [0.15, 0.2) is 0 Å². The van der Waals surface area contributed by atoms with Gasteiger partial charge in [-0.1, -0.05) is 144 Å². The van der Waals surface area contributed by atoms with E-state index in [9.17, 15) is 0 Å². The van der Waals surface area contributed by atoms with Crippen molar-refractivity contribution in [3.05, 3.63) is 166 Å². The minimum Gasteiger partial charge on any atom is -0.466 e. The van der Waals surface area contributed by atoms with Crippen LogP contribution in [0.25, 0.3) is 0 Å². The standard InChI is InChI=1S/C9H16.C8H14.C7H12O2.C7H12S2.C7H12.C6H10O2.C6H10S2.C6H10.C5H8O2.C5H8S2.C5H8.C4H6O2.C4H6S2.C4H6/c1-9-7-5-3-2-4-6-8-9;1-8-6-4-2-3-5-7-8;2*1-7-8-5-3-2-4-6-9-7;1-7-5-3-2-4-6-7;2*1-6-7-4-2-3-5-8-6;1-6-4-2-3-5-6;2*1-5-6-3-2-4-7-5;1-5-3-2-4-5;2*1-4-5-2-3-6-4;1-4-2-3-4/h1-8H2;1-7H2;2*1-6H2;1-6H2;2*1-5H2;1-5H2;2*1-4H2;1-4H2;2*1-3H2;1-3H2. The maximum atomic E-state index is 5.07. The first-order chi connectivity index (χ1) is 48.0. The molecule has 8 saturated heterocycles. The quantitative estimate of drug-likeness (QED) is 0.171. The van der Waals surface area contributed by atoms with Crippen LogP contribution in [0.3, 0.4) is 0 Å². The molecule has 0 amide bonds. The second-order valence-corrected chi connectivity index (χ2v) is 36.1. The predicted molar refractivity (Wildman–Crippen MR) is 455 cm³/mol. The Morgan fingerprint density at radius 1 is 0.152 bits per heavy atom. The molecule has 6 saturated carbocycles. The fourth-order valence-electron chi connectivity index (χ4n) is 9.55. The number of thioether (sulfide) groups is 8. The summed E-state index contributed by atoms with van der Waals surface area (Å²) in [5.41, 5.74) is 8.73. The van der Waals surface area contributed by atoms with Gasteiger partial charge in [-0.25, -0.2) is 0 Å². The van der Waals surface area contributed by atoms with Crippen LogP contribution in [-0.2, 0) is 37.9 Å². The van der Waals surface area contributed by atoms with Crippen molar-refractivity contribution in [2.45, 2.75) is 250 Å². The zero-order valence-corrected chi connectivity index (χ0v) is 68.9. The molecule has 14 rings (SSSR count). The Morgan fingerprint density at radius 3 is 0.566 bits per heavy atom. The first kappa shape index (κ1) is 94.6. The number of rotatable bonds is 0. The molecule has 0 aromatic carbocycles. The number of hydrogen-bond acceptors (Lipinski definition) is 16. The topological polar surface area (TPSA) is 73.8 Å². The Labute approximate surface area is 642 Å². The fraction of sp³-hybridized carbons (Fsp3) is 0.663. The molecule has 8 nitrogen and oxygen atoms in total. The molecular weight excluding hydrogens is 1380 g/mol. The summed E-state index contributed by atoms with van der Waals surface area (Å²) in [6.07, 6.45) is 51.5. The molecule has 0 spiro atoms. The van der Waals surface area contributed by atoms with Crippen LogP contribution in [0.1, 0.15) is 250 Å². The molecule has 6 aliphatic carbocycles. The van der Waals surface area contributed by atoms with Crippen molar-refractivity contribution >= 4 is 94.1 Å². The summed E-state index contributed by atoms with van der Waals surface area (Å²) in [6.45, 7) is 58.5. The van der Waals surface area contributed by atoms with E-state index in [2.05, 4.69) is 92.1 Å². The van der Waals surface area contributed by atoms with Gasteiger partial charge in [-0.15, -0.1) is 94.1 Å². The van der Waals surface area contributed by atoms with Crippen molar-refractivity contribution in [1.29, 1.82) is 0 Å². The van der Waals surface area contributed by atoms with Crippen LogP contribution in [0.2, 0.25) is 0 Å². The zero-order chi connectivity index (χ0) is 72.3. The summed E-state index contributed by atoms with van der Waals surface area (Å²) in [7, 11) is 0. The maximum Gasteiger partial charge on any atom is 0.271 e. The van der Waals surface area contributed by atoms with Gasteiger partial charge in [0.25, 0.3) is 23.8 Å². The number of hydrogen-bond donors (Lipinski definition) is 0. The van der Waals surface area contributed by atoms with Crippen LogP contribution < -0.4 is 0 Å². The molecule has 566 valence electrons. The number of allylic oxidation sites excluding steroid dienone is 6. The van der Waals surface area contributed by atoms with Gasteiger partial charge in [-0.2, -0.15) is 0 Å². The monoisotopic (exact) mass is 1520 g/mol. The van der Waals surface area contributed by atoms with E-state index >= 15 is 0 Å². The van der Waals surface area contributed by atoms with E-state index in [0.29, 0.717) is 37.0 Å². The van der Waals surface area contributed by atoms with Crippen molar-refractivity contribution in [2.24, 2.45) is 0 Å². The smallest absolute Gasteiger partial charge is 0.271 e. The second kappa shape index (κ2) is 69.9. The van der Waals surface area contributed by atoms with Crippen molar-refractivity contribution in [2.75, 3.05) is 98.9 Å². The number of ether oxygens (including phenoxy) is 8. The Hall–Kier alpha value is -2.44. The van der Waals surface area contributed by atoms with Crippen LogP contribution in [0.5, 0.6) is 0 Å². The molecular formula is C83H138O8S8. The SMILES string of the molecule is C=C1CC1.C=C1CCC1.C=C1CCCC1.C=C1CCCCC1.C=C1CCCCCC1.C=C1CCCCCCC1.C=C1OCCCCCO1.C=C1OCCCCO1.C=C1OCCCO1.C=C1OCCO1.C=C1SCCCCCS1.C=C1SCCCCS1.C=C1SCCCS1.C=C1SCCS1. The molecule has 0 radical (unpaired) electrons. The van der Waals surface area contributed by atoms with Gasteiger partial charge in [0.1, 0.15) is 13.2 Å². The normalized spacial score (nSPS) is 21.9. The Balaban J connectivity index is 0.000000535. The lowest BCUT2D eigenvalue weighted by Crippen LogP contribution is -2.08. The van der Waals surface area contributed by atoms with Gasteiger partial charge in [0.05, 0.1) is 39.6 Å². The summed E-state index contributed by atoms with van der Waals surface area (Å²) >= 11 is 15.2. The van der Waals surface area contributed by atoms with Crippen LogP contribution in [0, 0.1) is 0 Å². The third kappa shape index (κ3) is 71.0. The average molecular weight is 1520 g/mol. The zero-order valence-electron chi connectivity index (χ0n) is 62.3. The van der Waals surface area contributed by atoms with Gasteiger partial charge in [0, 0.05) is 34.9 Å². The van der Waals surface area contributed by atoms with E-state index in [4.69, 9.17) is 37.9 Å². The maximum absolute atomic E-state index is 5.07. The van der Waals surface area contributed by atoms with Crippen LogP contribution in [0.4, 0.5) is 0 Å². The highest BCUT2D eigenvalue weighted by atomic mass is 32.2. The highest BCUT2D eigenvalue weighted by Gasteiger charge is 2.09. The largest absolute Gasteiger partial charge is 0.466 e.